The molecule has 0 saturated carbocycles. The molecule has 0 unspecified atom stereocenters. The number of rotatable bonds is 6. The van der Waals surface area contributed by atoms with E-state index in [-0.39, 0.29) is 11.4 Å². The van der Waals surface area contributed by atoms with Gasteiger partial charge in [-0.15, -0.1) is 0 Å². The van der Waals surface area contributed by atoms with Crippen molar-refractivity contribution >= 4 is 35.2 Å². The van der Waals surface area contributed by atoms with Gasteiger partial charge in [-0.1, -0.05) is 12.1 Å². The number of nitro groups is 2. The number of aryl methyl sites for hydroxylation is 2. The van der Waals surface area contributed by atoms with Gasteiger partial charge < -0.3 is 8.83 Å². The van der Waals surface area contributed by atoms with Crippen LogP contribution in [0.1, 0.15) is 23.0 Å². The Bertz CT molecular complexity index is 1250. The van der Waals surface area contributed by atoms with Crippen LogP contribution >= 0.6 is 0 Å². The first-order chi connectivity index (χ1) is 16.3. The standard InChI is InChI=1S/2C12H10N2O3/c2*1-9-5-6-12(17-9)8-13-10-3-2-4-11(7-10)14(15)16/h2*2-8H,1H3. The molecule has 0 aliphatic heterocycles. The van der Waals surface area contributed by atoms with E-state index in [0.717, 1.165) is 11.5 Å². The third-order valence-corrected chi connectivity index (χ3v) is 4.29. The van der Waals surface area contributed by atoms with Crippen LogP contribution in [0.25, 0.3) is 0 Å². The molecule has 0 aliphatic rings. The van der Waals surface area contributed by atoms with Gasteiger partial charge in [-0.2, -0.15) is 0 Å². The summed E-state index contributed by atoms with van der Waals surface area (Å²) in [5.41, 5.74) is 1.09. The Morgan fingerprint density at radius 1 is 0.676 bits per heavy atom. The van der Waals surface area contributed by atoms with Crippen LogP contribution in [0.4, 0.5) is 22.7 Å². The molecule has 0 aliphatic carbocycles. The summed E-state index contributed by atoms with van der Waals surface area (Å²) in [7, 11) is 0. The number of nitrogens with zero attached hydrogens (tertiary/aromatic N) is 4. The lowest BCUT2D eigenvalue weighted by Crippen LogP contribution is -1.86. The molecule has 0 radical (unpaired) electrons. The fourth-order valence-electron chi connectivity index (χ4n) is 2.70. The maximum atomic E-state index is 10.6. The van der Waals surface area contributed by atoms with Crippen LogP contribution in [0.2, 0.25) is 0 Å². The van der Waals surface area contributed by atoms with Gasteiger partial charge in [-0.25, -0.2) is 0 Å². The first kappa shape index (κ1) is 23.8. The highest BCUT2D eigenvalue weighted by Crippen LogP contribution is 2.20. The third kappa shape index (κ3) is 7.09. The van der Waals surface area contributed by atoms with Crippen molar-refractivity contribution in [1.82, 2.24) is 0 Å². The Morgan fingerprint density at radius 2 is 1.09 bits per heavy atom. The first-order valence-corrected chi connectivity index (χ1v) is 10.00. The Kier molecular flexibility index (Phi) is 7.79. The van der Waals surface area contributed by atoms with Crippen LogP contribution in [0, 0.1) is 34.1 Å². The monoisotopic (exact) mass is 460 g/mol. The van der Waals surface area contributed by atoms with Gasteiger partial charge in [0.15, 0.2) is 0 Å². The van der Waals surface area contributed by atoms with E-state index in [1.165, 1.54) is 36.7 Å². The van der Waals surface area contributed by atoms with Crippen LogP contribution in [0.3, 0.4) is 0 Å². The molecule has 0 amide bonds. The Balaban J connectivity index is 0.000000191. The summed E-state index contributed by atoms with van der Waals surface area (Å²) in [4.78, 5) is 28.5. The van der Waals surface area contributed by atoms with Crippen molar-refractivity contribution in [1.29, 1.82) is 0 Å². The van der Waals surface area contributed by atoms with Crippen LogP contribution < -0.4 is 0 Å². The topological polar surface area (TPSA) is 137 Å². The first-order valence-electron chi connectivity index (χ1n) is 10.00. The minimum Gasteiger partial charge on any atom is -0.460 e. The van der Waals surface area contributed by atoms with Gasteiger partial charge in [0, 0.05) is 24.3 Å². The lowest BCUT2D eigenvalue weighted by atomic mass is 10.3. The quantitative estimate of drug-likeness (QED) is 0.183. The molecule has 172 valence electrons. The van der Waals surface area contributed by atoms with E-state index in [1.54, 1.807) is 36.4 Å². The SMILES string of the molecule is Cc1ccc(C=Nc2cccc([N+](=O)[O-])c2)o1.Cc1ccc(C=Nc2cccc([N+](=O)[O-])c2)o1. The summed E-state index contributed by atoms with van der Waals surface area (Å²) < 4.78 is 10.6. The van der Waals surface area contributed by atoms with Crippen LogP contribution in [-0.4, -0.2) is 22.3 Å². The van der Waals surface area contributed by atoms with E-state index in [9.17, 15) is 20.2 Å². The van der Waals surface area contributed by atoms with Gasteiger partial charge >= 0.3 is 0 Å². The number of hydrogen-bond donors (Lipinski definition) is 0. The lowest BCUT2D eigenvalue weighted by molar-refractivity contribution is -0.385. The molecule has 0 saturated heterocycles. The van der Waals surface area contributed by atoms with E-state index in [1.807, 2.05) is 26.0 Å². The van der Waals surface area contributed by atoms with Crippen molar-refractivity contribution in [2.75, 3.05) is 0 Å². The Hall–Kier alpha value is -4.86. The molecule has 0 bridgehead atoms. The Morgan fingerprint density at radius 3 is 1.41 bits per heavy atom. The number of hydrogen-bond acceptors (Lipinski definition) is 8. The zero-order valence-electron chi connectivity index (χ0n) is 18.3. The van der Waals surface area contributed by atoms with Crippen LogP contribution in [-0.2, 0) is 0 Å². The van der Waals surface area contributed by atoms with Crippen molar-refractivity contribution < 1.29 is 18.7 Å². The Labute approximate surface area is 194 Å². The van der Waals surface area contributed by atoms with Gasteiger partial charge in [0.2, 0.25) is 0 Å². The number of aliphatic imine (C=N–C) groups is 2. The molecule has 10 nitrogen and oxygen atoms in total. The number of benzene rings is 2. The predicted octanol–water partition coefficient (Wildman–Crippen LogP) is 6.49. The molecule has 0 fully saturated rings. The third-order valence-electron chi connectivity index (χ3n) is 4.29. The van der Waals surface area contributed by atoms with E-state index < -0.39 is 9.85 Å². The zero-order valence-corrected chi connectivity index (χ0v) is 18.3. The normalized spacial score (nSPS) is 10.9. The lowest BCUT2D eigenvalue weighted by Gasteiger charge is -1.93. The minimum atomic E-state index is -0.448. The second-order valence-electron chi connectivity index (χ2n) is 6.97. The van der Waals surface area contributed by atoms with Crippen molar-refractivity contribution in [3.8, 4) is 0 Å². The van der Waals surface area contributed by atoms with E-state index >= 15 is 0 Å². The summed E-state index contributed by atoms with van der Waals surface area (Å²) in [6.45, 7) is 3.68. The second kappa shape index (κ2) is 11.1. The van der Waals surface area contributed by atoms with Crippen molar-refractivity contribution in [2.45, 2.75) is 13.8 Å². The maximum absolute atomic E-state index is 10.6. The van der Waals surface area contributed by atoms with E-state index in [4.69, 9.17) is 8.83 Å². The van der Waals surface area contributed by atoms with E-state index in [0.29, 0.717) is 22.9 Å². The van der Waals surface area contributed by atoms with Crippen molar-refractivity contribution in [3.63, 3.8) is 0 Å². The van der Waals surface area contributed by atoms with Gasteiger partial charge in [0.25, 0.3) is 11.4 Å². The average molecular weight is 460 g/mol. The van der Waals surface area contributed by atoms with Crippen LogP contribution in [0.5, 0.6) is 0 Å². The van der Waals surface area contributed by atoms with E-state index in [2.05, 4.69) is 9.98 Å². The molecular weight excluding hydrogens is 440 g/mol. The molecule has 2 heterocycles. The molecule has 4 rings (SSSR count). The van der Waals surface area contributed by atoms with Gasteiger partial charge in [-0.05, 0) is 50.2 Å². The number of furan rings is 2. The predicted molar refractivity (Wildman–Crippen MR) is 128 cm³/mol. The molecule has 34 heavy (non-hydrogen) atoms. The molecule has 0 N–H and O–H groups in total. The number of non-ortho nitro benzene ring substituents is 2. The van der Waals surface area contributed by atoms with Crippen molar-refractivity contribution in [2.24, 2.45) is 9.98 Å². The molecule has 4 aromatic rings. The summed E-state index contributed by atoms with van der Waals surface area (Å²) >= 11 is 0. The summed E-state index contributed by atoms with van der Waals surface area (Å²) in [5, 5.41) is 21.1. The second-order valence-corrected chi connectivity index (χ2v) is 6.97. The molecule has 2 aromatic heterocycles. The minimum absolute atomic E-state index is 0.0234. The average Bonchev–Trinajstić information content (AvgIpc) is 3.44. The smallest absolute Gasteiger partial charge is 0.271 e. The summed E-state index contributed by atoms with van der Waals surface area (Å²) in [5.74, 6) is 2.83. The fourth-order valence-corrected chi connectivity index (χ4v) is 2.70. The fraction of sp³-hybridized carbons (Fsp3) is 0.0833. The highest BCUT2D eigenvalue weighted by Gasteiger charge is 2.05. The largest absolute Gasteiger partial charge is 0.460 e. The van der Waals surface area contributed by atoms with Crippen LogP contribution in [0.15, 0.2) is 91.6 Å². The number of nitro benzene ring substituents is 2. The summed E-state index contributed by atoms with van der Waals surface area (Å²) in [6, 6.07) is 19.5. The molecule has 0 atom stereocenters. The van der Waals surface area contributed by atoms with Crippen molar-refractivity contribution in [3.05, 3.63) is 116 Å². The molecular formula is C24H20N4O6. The zero-order chi connectivity index (χ0) is 24.5. The van der Waals surface area contributed by atoms with Gasteiger partial charge in [0.1, 0.15) is 23.0 Å². The van der Waals surface area contributed by atoms with Gasteiger partial charge in [-0.3, -0.25) is 30.2 Å². The summed E-state index contributed by atoms with van der Waals surface area (Å²) in [6.07, 6.45) is 3.07. The van der Waals surface area contributed by atoms with Gasteiger partial charge in [0.05, 0.1) is 33.7 Å². The molecule has 10 heteroatoms. The maximum Gasteiger partial charge on any atom is 0.271 e. The molecule has 0 spiro atoms. The molecule has 2 aromatic carbocycles. The highest BCUT2D eigenvalue weighted by molar-refractivity contribution is 5.79. The highest BCUT2D eigenvalue weighted by atomic mass is 16.6.